The van der Waals surface area contributed by atoms with E-state index in [0.717, 1.165) is 18.6 Å². The summed E-state index contributed by atoms with van der Waals surface area (Å²) in [6.45, 7) is 0. The number of nitrogens with one attached hydrogen (secondary N) is 1. The van der Waals surface area contributed by atoms with Crippen LogP contribution in [0.15, 0.2) is 0 Å². The maximum atomic E-state index is 11.8. The van der Waals surface area contributed by atoms with Crippen molar-refractivity contribution in [3.63, 3.8) is 0 Å². The summed E-state index contributed by atoms with van der Waals surface area (Å²) in [5.41, 5.74) is 5.84. The third-order valence-electron chi connectivity index (χ3n) is 3.05. The third-order valence-corrected chi connectivity index (χ3v) is 4.87. The first-order valence-electron chi connectivity index (χ1n) is 5.76. The highest BCUT2D eigenvalue weighted by atomic mass is 32.2. The molecule has 0 saturated heterocycles. The summed E-state index contributed by atoms with van der Waals surface area (Å²) in [6.07, 6.45) is 8.45. The van der Waals surface area contributed by atoms with Crippen LogP contribution in [0.3, 0.4) is 0 Å². The second kappa shape index (κ2) is 7.45. The molecule has 5 heteroatoms. The summed E-state index contributed by atoms with van der Waals surface area (Å²) in [5.74, 6) is 0.977. The van der Waals surface area contributed by atoms with E-state index in [2.05, 4.69) is 11.6 Å². The predicted octanol–water partition coefficient (Wildman–Crippen LogP) is 1.47. The molecule has 1 saturated carbocycles. The zero-order valence-corrected chi connectivity index (χ0v) is 11.7. The third kappa shape index (κ3) is 4.18. The van der Waals surface area contributed by atoms with Crippen LogP contribution in [0.5, 0.6) is 0 Å². The molecule has 2 unspecified atom stereocenters. The number of carbonyl (C=O) groups excluding carboxylic acids is 1. The molecule has 16 heavy (non-hydrogen) atoms. The van der Waals surface area contributed by atoms with Gasteiger partial charge in [0.25, 0.3) is 0 Å². The zero-order valence-electron chi connectivity index (χ0n) is 10.1. The molecule has 0 aliphatic heterocycles. The van der Waals surface area contributed by atoms with Crippen molar-refractivity contribution in [2.45, 2.75) is 43.0 Å². The topological polar surface area (TPSA) is 55.1 Å². The van der Waals surface area contributed by atoms with Crippen LogP contribution in [0.25, 0.3) is 0 Å². The Morgan fingerprint density at radius 3 is 2.88 bits per heavy atom. The normalized spacial score (nSPS) is 26.7. The molecule has 0 aromatic heterocycles. The Morgan fingerprint density at radius 1 is 1.50 bits per heavy atom. The van der Waals surface area contributed by atoms with Gasteiger partial charge in [0.15, 0.2) is 0 Å². The second-order valence-electron chi connectivity index (χ2n) is 4.21. The van der Waals surface area contributed by atoms with Crippen LogP contribution < -0.4 is 11.1 Å². The maximum Gasteiger partial charge on any atom is 0.237 e. The summed E-state index contributed by atoms with van der Waals surface area (Å²) >= 11 is 3.58. The molecule has 0 spiro atoms. The second-order valence-corrected chi connectivity index (χ2v) is 6.27. The van der Waals surface area contributed by atoms with E-state index in [4.69, 9.17) is 5.73 Å². The molecule has 0 heterocycles. The van der Waals surface area contributed by atoms with E-state index in [1.807, 2.05) is 18.0 Å². The summed E-state index contributed by atoms with van der Waals surface area (Å²) in [5, 5.41) is 3.67. The van der Waals surface area contributed by atoms with Crippen LogP contribution >= 0.6 is 23.5 Å². The Kier molecular flexibility index (Phi) is 6.61. The van der Waals surface area contributed by atoms with Gasteiger partial charge in [0, 0.05) is 11.3 Å². The highest BCUT2D eigenvalue weighted by Gasteiger charge is 2.28. The van der Waals surface area contributed by atoms with Crippen LogP contribution in [-0.4, -0.2) is 41.5 Å². The lowest BCUT2D eigenvalue weighted by atomic mass is 10.2. The van der Waals surface area contributed by atoms with Crippen molar-refractivity contribution in [3.8, 4) is 0 Å². The molecule has 0 aromatic carbocycles. The van der Waals surface area contributed by atoms with Crippen molar-refractivity contribution in [2.75, 3.05) is 18.3 Å². The number of rotatable bonds is 6. The molecule has 1 fully saturated rings. The molecule has 94 valence electrons. The lowest BCUT2D eigenvalue weighted by molar-refractivity contribution is -0.123. The zero-order chi connectivity index (χ0) is 12.0. The Balaban J connectivity index is 2.32. The van der Waals surface area contributed by atoms with Gasteiger partial charge >= 0.3 is 0 Å². The summed E-state index contributed by atoms with van der Waals surface area (Å²) in [7, 11) is 0. The van der Waals surface area contributed by atoms with E-state index in [9.17, 15) is 4.79 Å². The standard InChI is InChI=1S/C11H22N2OS2/c1-15-7-6-8(12)11(14)13-9-4-3-5-10(9)16-2/h8-10H,3-7,12H2,1-2H3,(H,13,14)/t8-,9?,10?/m1/s1. The molecular formula is C11H22N2OS2. The summed E-state index contributed by atoms with van der Waals surface area (Å²) in [6, 6.07) is -0.00149. The molecule has 0 aromatic rings. The van der Waals surface area contributed by atoms with Gasteiger partial charge in [-0.2, -0.15) is 23.5 Å². The van der Waals surface area contributed by atoms with E-state index in [0.29, 0.717) is 11.3 Å². The smallest absolute Gasteiger partial charge is 0.237 e. The number of hydrogen-bond donors (Lipinski definition) is 2. The first kappa shape index (κ1) is 14.2. The lowest BCUT2D eigenvalue weighted by Crippen LogP contribution is -2.47. The van der Waals surface area contributed by atoms with E-state index >= 15 is 0 Å². The van der Waals surface area contributed by atoms with Crippen molar-refractivity contribution < 1.29 is 4.79 Å². The monoisotopic (exact) mass is 262 g/mol. The fraction of sp³-hybridized carbons (Fsp3) is 0.909. The first-order valence-corrected chi connectivity index (χ1v) is 8.45. The Hall–Kier alpha value is 0.130. The molecule has 0 bridgehead atoms. The van der Waals surface area contributed by atoms with Gasteiger partial charge in [0.2, 0.25) is 5.91 Å². The Morgan fingerprint density at radius 2 is 2.25 bits per heavy atom. The number of hydrogen-bond acceptors (Lipinski definition) is 4. The lowest BCUT2D eigenvalue weighted by Gasteiger charge is -2.21. The van der Waals surface area contributed by atoms with E-state index in [1.54, 1.807) is 11.8 Å². The fourth-order valence-corrected chi connectivity index (χ4v) is 3.46. The first-order chi connectivity index (χ1) is 7.69. The molecule has 3 nitrogen and oxygen atoms in total. The molecule has 1 aliphatic carbocycles. The minimum Gasteiger partial charge on any atom is -0.351 e. The molecule has 3 N–H and O–H groups in total. The molecular weight excluding hydrogens is 240 g/mol. The van der Waals surface area contributed by atoms with Gasteiger partial charge < -0.3 is 11.1 Å². The van der Waals surface area contributed by atoms with Crippen molar-refractivity contribution in [1.29, 1.82) is 0 Å². The quantitative estimate of drug-likeness (QED) is 0.761. The predicted molar refractivity (Wildman–Crippen MR) is 74.1 cm³/mol. The van der Waals surface area contributed by atoms with Crippen molar-refractivity contribution in [3.05, 3.63) is 0 Å². The van der Waals surface area contributed by atoms with Crippen LogP contribution in [0.4, 0.5) is 0 Å². The SMILES string of the molecule is CSCC[C@@H](N)C(=O)NC1CCCC1SC. The van der Waals surface area contributed by atoms with E-state index in [-0.39, 0.29) is 11.9 Å². The minimum atomic E-state index is -0.337. The van der Waals surface area contributed by atoms with Gasteiger partial charge in [-0.25, -0.2) is 0 Å². The van der Waals surface area contributed by atoms with Crippen LogP contribution in [0, 0.1) is 0 Å². The number of amides is 1. The number of carbonyl (C=O) groups is 1. The fourth-order valence-electron chi connectivity index (χ4n) is 2.04. The van der Waals surface area contributed by atoms with Crippen LogP contribution in [0.2, 0.25) is 0 Å². The van der Waals surface area contributed by atoms with Gasteiger partial charge in [0.05, 0.1) is 6.04 Å². The van der Waals surface area contributed by atoms with Gasteiger partial charge in [-0.05, 0) is 37.5 Å². The van der Waals surface area contributed by atoms with Crippen LogP contribution in [0.1, 0.15) is 25.7 Å². The van der Waals surface area contributed by atoms with Gasteiger partial charge in [-0.15, -0.1) is 0 Å². The summed E-state index contributed by atoms with van der Waals surface area (Å²) < 4.78 is 0. The molecule has 1 amide bonds. The highest BCUT2D eigenvalue weighted by Crippen LogP contribution is 2.28. The molecule has 1 rings (SSSR count). The maximum absolute atomic E-state index is 11.8. The van der Waals surface area contributed by atoms with Gasteiger partial charge in [-0.3, -0.25) is 4.79 Å². The van der Waals surface area contributed by atoms with E-state index in [1.165, 1.54) is 12.8 Å². The average Bonchev–Trinajstić information content (AvgIpc) is 2.72. The van der Waals surface area contributed by atoms with Crippen molar-refractivity contribution in [1.82, 2.24) is 5.32 Å². The molecule has 0 radical (unpaired) electrons. The largest absolute Gasteiger partial charge is 0.351 e. The van der Waals surface area contributed by atoms with Gasteiger partial charge in [-0.1, -0.05) is 6.42 Å². The number of nitrogens with two attached hydrogens (primary N) is 1. The van der Waals surface area contributed by atoms with Gasteiger partial charge in [0.1, 0.15) is 0 Å². The average molecular weight is 262 g/mol. The highest BCUT2D eigenvalue weighted by molar-refractivity contribution is 7.99. The summed E-state index contributed by atoms with van der Waals surface area (Å²) in [4.78, 5) is 11.8. The number of thioether (sulfide) groups is 2. The Bertz CT molecular complexity index is 226. The van der Waals surface area contributed by atoms with E-state index < -0.39 is 0 Å². The Labute approximate surface area is 107 Å². The van der Waals surface area contributed by atoms with Crippen molar-refractivity contribution in [2.24, 2.45) is 5.73 Å². The molecule has 1 aliphatic rings. The molecule has 3 atom stereocenters. The minimum absolute atomic E-state index is 0.0278. The van der Waals surface area contributed by atoms with Crippen molar-refractivity contribution >= 4 is 29.4 Å². The van der Waals surface area contributed by atoms with Crippen LogP contribution in [-0.2, 0) is 4.79 Å².